The van der Waals surface area contributed by atoms with E-state index in [1.54, 1.807) is 0 Å². The molecule has 180 valence electrons. The third kappa shape index (κ3) is 7.62. The van der Waals surface area contributed by atoms with Gasteiger partial charge in [-0.05, 0) is 60.1 Å². The highest BCUT2D eigenvalue weighted by Gasteiger charge is 2.25. The lowest BCUT2D eigenvalue weighted by molar-refractivity contribution is -0.122. The predicted molar refractivity (Wildman–Crippen MR) is 128 cm³/mol. The highest BCUT2D eigenvalue weighted by Crippen LogP contribution is 2.22. The van der Waals surface area contributed by atoms with Crippen molar-refractivity contribution in [1.29, 1.82) is 0 Å². The molecule has 33 heavy (non-hydrogen) atoms. The predicted octanol–water partition coefficient (Wildman–Crippen LogP) is 3.22. The van der Waals surface area contributed by atoms with Crippen molar-refractivity contribution in [2.75, 3.05) is 26.2 Å². The summed E-state index contributed by atoms with van der Waals surface area (Å²) in [6.45, 7) is 8.72. The number of carbonyl (C=O) groups is 1. The molecular weight excluding hydrogens is 441 g/mol. The van der Waals surface area contributed by atoms with Gasteiger partial charge >= 0.3 is 0 Å². The summed E-state index contributed by atoms with van der Waals surface area (Å²) in [7, 11) is -3.68. The molecule has 8 heteroatoms. The first-order valence-electron chi connectivity index (χ1n) is 11.4. The second-order valence-electron chi connectivity index (χ2n) is 9.67. The Labute approximate surface area is 196 Å². The lowest BCUT2D eigenvalue weighted by Crippen LogP contribution is -2.47. The van der Waals surface area contributed by atoms with Crippen LogP contribution in [0.25, 0.3) is 0 Å². The Morgan fingerprint density at radius 2 is 1.64 bits per heavy atom. The second kappa shape index (κ2) is 10.8. The third-order valence-corrected chi connectivity index (χ3v) is 7.49. The van der Waals surface area contributed by atoms with Crippen LogP contribution in [0.1, 0.15) is 44.7 Å². The molecule has 0 aliphatic carbocycles. The fourth-order valence-electron chi connectivity index (χ4n) is 3.89. The first-order chi connectivity index (χ1) is 15.5. The van der Waals surface area contributed by atoms with Crippen LogP contribution in [0.3, 0.4) is 0 Å². The highest BCUT2D eigenvalue weighted by molar-refractivity contribution is 7.89. The first-order valence-corrected chi connectivity index (χ1v) is 12.9. The highest BCUT2D eigenvalue weighted by atomic mass is 32.2. The monoisotopic (exact) mass is 475 g/mol. The van der Waals surface area contributed by atoms with Crippen LogP contribution in [0.15, 0.2) is 53.4 Å². The molecular formula is C25H34FN3O3S. The molecule has 1 heterocycles. The summed E-state index contributed by atoms with van der Waals surface area (Å²) in [5, 5.41) is 2.98. The first kappa shape index (κ1) is 25.3. The maximum absolute atomic E-state index is 13.0. The van der Waals surface area contributed by atoms with Crippen molar-refractivity contribution >= 4 is 15.9 Å². The molecule has 0 atom stereocenters. The summed E-state index contributed by atoms with van der Waals surface area (Å²) in [5.41, 5.74) is 2.61. The summed E-state index contributed by atoms with van der Waals surface area (Å²) >= 11 is 0. The molecule has 2 N–H and O–H groups in total. The van der Waals surface area contributed by atoms with Gasteiger partial charge in [0.15, 0.2) is 0 Å². The third-order valence-electron chi connectivity index (χ3n) is 5.96. The number of rotatable bonds is 8. The van der Waals surface area contributed by atoms with E-state index in [4.69, 9.17) is 0 Å². The van der Waals surface area contributed by atoms with Crippen molar-refractivity contribution in [2.45, 2.75) is 56.4 Å². The standard InChI is InChI=1S/C25H34FN3O3S/c1-25(2,3)20-6-4-19(5-7-20)12-15-27-24(30)18-29-16-13-22(14-17-29)28-33(31,32)23-10-8-21(26)9-11-23/h4-11,22,28H,12-18H2,1-3H3,(H,27,30). The van der Waals surface area contributed by atoms with Gasteiger partial charge in [-0.15, -0.1) is 0 Å². The molecule has 0 aromatic heterocycles. The van der Waals surface area contributed by atoms with Gasteiger partial charge in [0.1, 0.15) is 5.82 Å². The van der Waals surface area contributed by atoms with Gasteiger partial charge in [0, 0.05) is 25.7 Å². The van der Waals surface area contributed by atoms with Crippen molar-refractivity contribution in [2.24, 2.45) is 0 Å². The number of piperidine rings is 1. The van der Waals surface area contributed by atoms with Crippen LogP contribution < -0.4 is 10.0 Å². The van der Waals surface area contributed by atoms with Crippen molar-refractivity contribution in [1.82, 2.24) is 14.9 Å². The molecule has 1 fully saturated rings. The Hall–Kier alpha value is -2.29. The zero-order valence-corrected chi connectivity index (χ0v) is 20.4. The van der Waals surface area contributed by atoms with E-state index < -0.39 is 15.8 Å². The molecule has 2 aromatic carbocycles. The zero-order valence-electron chi connectivity index (χ0n) is 19.6. The van der Waals surface area contributed by atoms with Crippen LogP contribution in [0.2, 0.25) is 0 Å². The van der Waals surface area contributed by atoms with E-state index in [1.807, 2.05) is 4.90 Å². The lowest BCUT2D eigenvalue weighted by atomic mass is 9.86. The van der Waals surface area contributed by atoms with Crippen molar-refractivity contribution in [3.8, 4) is 0 Å². The van der Waals surface area contributed by atoms with Gasteiger partial charge in [-0.2, -0.15) is 0 Å². The molecule has 1 aliphatic heterocycles. The summed E-state index contributed by atoms with van der Waals surface area (Å²) in [4.78, 5) is 14.4. The minimum absolute atomic E-state index is 0.0216. The van der Waals surface area contributed by atoms with Gasteiger partial charge in [-0.3, -0.25) is 9.69 Å². The maximum atomic E-state index is 13.0. The smallest absolute Gasteiger partial charge is 0.240 e. The molecule has 2 aromatic rings. The summed E-state index contributed by atoms with van der Waals surface area (Å²) in [6, 6.07) is 13.1. The van der Waals surface area contributed by atoms with Crippen molar-refractivity contribution in [3.63, 3.8) is 0 Å². The molecule has 0 spiro atoms. The number of hydrogen-bond acceptors (Lipinski definition) is 4. The van der Waals surface area contributed by atoms with Gasteiger partial charge in [-0.25, -0.2) is 17.5 Å². The summed E-state index contributed by atoms with van der Waals surface area (Å²) in [6.07, 6.45) is 2.02. The Bertz CT molecular complexity index is 1020. The quantitative estimate of drug-likeness (QED) is 0.615. The molecule has 3 rings (SSSR count). The molecule has 0 saturated carbocycles. The van der Waals surface area contributed by atoms with Crippen LogP contribution in [-0.2, 0) is 26.7 Å². The number of carbonyl (C=O) groups excluding carboxylic acids is 1. The minimum atomic E-state index is -3.68. The largest absolute Gasteiger partial charge is 0.355 e. The molecule has 1 amide bonds. The summed E-state index contributed by atoms with van der Waals surface area (Å²) in [5.74, 6) is -0.495. The van der Waals surface area contributed by atoms with Crippen LogP contribution in [0, 0.1) is 5.82 Å². The summed E-state index contributed by atoms with van der Waals surface area (Å²) < 4.78 is 40.7. The average Bonchev–Trinajstić information content (AvgIpc) is 2.75. The van der Waals surface area contributed by atoms with Crippen LogP contribution >= 0.6 is 0 Å². The van der Waals surface area contributed by atoms with E-state index in [0.717, 1.165) is 18.6 Å². The minimum Gasteiger partial charge on any atom is -0.355 e. The Morgan fingerprint density at radius 1 is 1.03 bits per heavy atom. The number of hydrogen-bond donors (Lipinski definition) is 2. The van der Waals surface area contributed by atoms with E-state index in [1.165, 1.54) is 23.3 Å². The van der Waals surface area contributed by atoms with Crippen LogP contribution in [0.5, 0.6) is 0 Å². The Kier molecular flexibility index (Phi) is 8.26. The van der Waals surface area contributed by atoms with E-state index in [2.05, 4.69) is 55.1 Å². The van der Waals surface area contributed by atoms with Gasteiger partial charge in [0.25, 0.3) is 0 Å². The van der Waals surface area contributed by atoms with Crippen molar-refractivity contribution < 1.29 is 17.6 Å². The van der Waals surface area contributed by atoms with E-state index in [0.29, 0.717) is 39.0 Å². The number of sulfonamides is 1. The average molecular weight is 476 g/mol. The number of nitrogens with zero attached hydrogens (tertiary/aromatic N) is 1. The van der Waals surface area contributed by atoms with E-state index in [-0.39, 0.29) is 22.3 Å². The molecule has 6 nitrogen and oxygen atoms in total. The molecule has 1 aliphatic rings. The molecule has 0 radical (unpaired) electrons. The van der Waals surface area contributed by atoms with Gasteiger partial charge in [0.2, 0.25) is 15.9 Å². The normalized spacial score (nSPS) is 16.0. The van der Waals surface area contributed by atoms with Crippen LogP contribution in [0.4, 0.5) is 4.39 Å². The lowest BCUT2D eigenvalue weighted by Gasteiger charge is -2.31. The fraction of sp³-hybridized carbons (Fsp3) is 0.480. The topological polar surface area (TPSA) is 78.5 Å². The number of likely N-dealkylation sites (tertiary alicyclic amines) is 1. The van der Waals surface area contributed by atoms with Crippen LogP contribution in [-0.4, -0.2) is 51.4 Å². The fourth-order valence-corrected chi connectivity index (χ4v) is 5.19. The molecule has 0 unspecified atom stereocenters. The Balaban J connectivity index is 1.37. The van der Waals surface area contributed by atoms with E-state index >= 15 is 0 Å². The van der Waals surface area contributed by atoms with Gasteiger partial charge in [-0.1, -0.05) is 45.0 Å². The molecule has 1 saturated heterocycles. The van der Waals surface area contributed by atoms with E-state index in [9.17, 15) is 17.6 Å². The maximum Gasteiger partial charge on any atom is 0.240 e. The second-order valence-corrected chi connectivity index (χ2v) is 11.4. The number of nitrogens with one attached hydrogen (secondary N) is 2. The van der Waals surface area contributed by atoms with Gasteiger partial charge in [0.05, 0.1) is 11.4 Å². The van der Waals surface area contributed by atoms with Gasteiger partial charge < -0.3 is 5.32 Å². The molecule has 0 bridgehead atoms. The number of benzene rings is 2. The zero-order chi connectivity index (χ0) is 24.1. The Morgan fingerprint density at radius 3 is 2.21 bits per heavy atom. The SMILES string of the molecule is CC(C)(C)c1ccc(CCNC(=O)CN2CCC(NS(=O)(=O)c3ccc(F)cc3)CC2)cc1. The number of halogens is 1. The number of amides is 1. The van der Waals surface area contributed by atoms with Crippen molar-refractivity contribution in [3.05, 3.63) is 65.5 Å².